The molecule has 2 saturated heterocycles. The fraction of sp³-hybridized carbons (Fsp3) is 0.600. The zero-order valence-corrected chi connectivity index (χ0v) is 19.3. The largest absolute Gasteiger partial charge is 0.442 e. The van der Waals surface area contributed by atoms with Crippen molar-refractivity contribution in [2.75, 3.05) is 49.1 Å². The lowest BCUT2D eigenvalue weighted by molar-refractivity contribution is 0.142. The van der Waals surface area contributed by atoms with Crippen LogP contribution in [0.25, 0.3) is 0 Å². The second kappa shape index (κ2) is 9.46. The van der Waals surface area contributed by atoms with E-state index in [2.05, 4.69) is 5.32 Å². The van der Waals surface area contributed by atoms with Crippen molar-refractivity contribution in [2.24, 2.45) is 11.1 Å². The molecule has 0 aromatic heterocycles. The number of rotatable bonds is 7. The van der Waals surface area contributed by atoms with Gasteiger partial charge >= 0.3 is 6.09 Å². The number of ether oxygens (including phenoxy) is 1. The molecule has 176 valence electrons. The summed E-state index contributed by atoms with van der Waals surface area (Å²) in [7, 11) is -3.74. The van der Waals surface area contributed by atoms with Crippen LogP contribution in [0.2, 0.25) is 0 Å². The molecule has 1 saturated carbocycles. The molecule has 1 amide bonds. The summed E-state index contributed by atoms with van der Waals surface area (Å²) in [4.78, 5) is 16.3. The molecule has 1 aliphatic carbocycles. The Labute approximate surface area is 192 Å². The van der Waals surface area contributed by atoms with Crippen molar-refractivity contribution in [3.63, 3.8) is 0 Å². The predicted molar refractivity (Wildman–Crippen MR) is 123 cm³/mol. The average Bonchev–Trinajstić information content (AvgIpc) is 3.09. The van der Waals surface area contributed by atoms with E-state index in [0.717, 1.165) is 11.4 Å². The first-order chi connectivity index (χ1) is 15.2. The molecular formula is C20H28FN5O4S2. The third-order valence-corrected chi connectivity index (χ3v) is 7.68. The van der Waals surface area contributed by atoms with Gasteiger partial charge in [0, 0.05) is 32.6 Å². The van der Waals surface area contributed by atoms with Gasteiger partial charge in [-0.2, -0.15) is 12.7 Å². The number of nitrogens with one attached hydrogen (secondary N) is 1. The highest BCUT2D eigenvalue weighted by Gasteiger charge is 2.33. The van der Waals surface area contributed by atoms with Crippen LogP contribution in [0, 0.1) is 11.7 Å². The van der Waals surface area contributed by atoms with E-state index in [-0.39, 0.29) is 19.2 Å². The van der Waals surface area contributed by atoms with Crippen molar-refractivity contribution >= 4 is 44.9 Å². The number of thiocarbonyl (C=S) groups is 1. The van der Waals surface area contributed by atoms with E-state index in [0.29, 0.717) is 43.5 Å². The van der Waals surface area contributed by atoms with Gasteiger partial charge in [0.1, 0.15) is 11.9 Å². The lowest BCUT2D eigenvalue weighted by atomic mass is 9.83. The standard InChI is InChI=1S/C20H28FN5O4S2/c21-17-11-15(4-5-18(17)24-6-8-25(9-7-24)32(22,28)29)26-13-16(30-20(26)27)12-23-19(31)10-14-2-1-3-14/h4-5,11,14,16H,1-3,6-10,12-13H2,(H,23,31)(H2,22,28,29)/t16-/m0/s1. The Balaban J connectivity index is 1.32. The quantitative estimate of drug-likeness (QED) is 0.565. The van der Waals surface area contributed by atoms with Crippen molar-refractivity contribution in [2.45, 2.75) is 31.8 Å². The van der Waals surface area contributed by atoms with Gasteiger partial charge in [-0.05, 0) is 24.1 Å². The molecule has 1 aromatic rings. The van der Waals surface area contributed by atoms with Crippen LogP contribution in [0.5, 0.6) is 0 Å². The number of piperazine rings is 1. The van der Waals surface area contributed by atoms with E-state index in [9.17, 15) is 17.6 Å². The maximum absolute atomic E-state index is 14.9. The number of hydrogen-bond acceptors (Lipinski definition) is 6. The zero-order chi connectivity index (χ0) is 22.9. The SMILES string of the molecule is NS(=O)(=O)N1CCN(c2ccc(N3C[C@H](CNC(=S)CC4CCC4)OC3=O)cc2F)CC1. The second-order valence-electron chi connectivity index (χ2n) is 8.49. The Morgan fingerprint density at radius 2 is 1.97 bits per heavy atom. The van der Waals surface area contributed by atoms with Gasteiger partial charge in [-0.1, -0.05) is 31.5 Å². The molecule has 0 bridgehead atoms. The number of cyclic esters (lactones) is 1. The number of carbonyl (C=O) groups excluding carboxylic acids is 1. The van der Waals surface area contributed by atoms with Crippen molar-refractivity contribution < 1.29 is 22.3 Å². The van der Waals surface area contributed by atoms with Crippen LogP contribution in [0.1, 0.15) is 25.7 Å². The van der Waals surface area contributed by atoms with Crippen molar-refractivity contribution in [3.8, 4) is 0 Å². The molecule has 32 heavy (non-hydrogen) atoms. The molecule has 1 atom stereocenters. The number of amides is 1. The summed E-state index contributed by atoms with van der Waals surface area (Å²) in [6.45, 7) is 1.78. The number of carbonyl (C=O) groups is 1. The topological polar surface area (TPSA) is 108 Å². The van der Waals surface area contributed by atoms with Crippen LogP contribution < -0.4 is 20.3 Å². The molecule has 12 heteroatoms. The Hall–Kier alpha value is -2.02. The number of nitrogens with two attached hydrogens (primary N) is 1. The lowest BCUT2D eigenvalue weighted by Gasteiger charge is -2.34. The van der Waals surface area contributed by atoms with Crippen LogP contribution in [0.15, 0.2) is 18.2 Å². The van der Waals surface area contributed by atoms with Gasteiger partial charge in [0.25, 0.3) is 10.2 Å². The molecule has 2 heterocycles. The molecule has 2 aliphatic heterocycles. The van der Waals surface area contributed by atoms with Crippen LogP contribution >= 0.6 is 12.2 Å². The van der Waals surface area contributed by atoms with Gasteiger partial charge in [0.05, 0.1) is 29.5 Å². The molecule has 0 radical (unpaired) electrons. The first-order valence-electron chi connectivity index (χ1n) is 10.8. The van der Waals surface area contributed by atoms with Gasteiger partial charge in [-0.3, -0.25) is 4.90 Å². The highest BCUT2D eigenvalue weighted by Crippen LogP contribution is 2.30. The summed E-state index contributed by atoms with van der Waals surface area (Å²) >= 11 is 5.38. The molecule has 0 unspecified atom stereocenters. The summed E-state index contributed by atoms with van der Waals surface area (Å²) in [5.41, 5.74) is 0.772. The predicted octanol–water partition coefficient (Wildman–Crippen LogP) is 1.58. The van der Waals surface area contributed by atoms with Crippen LogP contribution in [0.4, 0.5) is 20.6 Å². The summed E-state index contributed by atoms with van der Waals surface area (Å²) in [6.07, 6.45) is 3.70. The van der Waals surface area contributed by atoms with Gasteiger partial charge in [-0.25, -0.2) is 14.3 Å². The van der Waals surface area contributed by atoms with Gasteiger partial charge in [0.2, 0.25) is 0 Å². The van der Waals surface area contributed by atoms with E-state index < -0.39 is 22.1 Å². The summed E-state index contributed by atoms with van der Waals surface area (Å²) in [6, 6.07) is 4.58. The second-order valence-corrected chi connectivity index (χ2v) is 10.5. The molecule has 3 N–H and O–H groups in total. The smallest absolute Gasteiger partial charge is 0.414 e. The molecule has 3 fully saturated rings. The first-order valence-corrected chi connectivity index (χ1v) is 12.7. The third kappa shape index (κ3) is 5.30. The summed E-state index contributed by atoms with van der Waals surface area (Å²) in [5, 5.41) is 8.34. The van der Waals surface area contributed by atoms with Gasteiger partial charge < -0.3 is 15.0 Å². The normalized spacial score (nSPS) is 22.6. The number of hydrogen-bond donors (Lipinski definition) is 2. The number of nitrogens with zero attached hydrogens (tertiary/aromatic N) is 3. The van der Waals surface area contributed by atoms with Crippen LogP contribution in [-0.4, -0.2) is 69.2 Å². The minimum Gasteiger partial charge on any atom is -0.442 e. The van der Waals surface area contributed by atoms with E-state index in [4.69, 9.17) is 22.1 Å². The highest BCUT2D eigenvalue weighted by molar-refractivity contribution is 7.86. The van der Waals surface area contributed by atoms with E-state index in [1.807, 2.05) is 0 Å². The minimum atomic E-state index is -3.74. The average molecular weight is 486 g/mol. The Kier molecular flexibility index (Phi) is 6.84. The van der Waals surface area contributed by atoms with E-state index in [1.165, 1.54) is 34.5 Å². The fourth-order valence-corrected chi connectivity index (χ4v) is 5.19. The number of benzene rings is 1. The number of halogens is 1. The highest BCUT2D eigenvalue weighted by atomic mass is 32.2. The molecular weight excluding hydrogens is 457 g/mol. The molecule has 0 spiro atoms. The summed E-state index contributed by atoms with van der Waals surface area (Å²) in [5.74, 6) is 0.185. The van der Waals surface area contributed by atoms with Crippen molar-refractivity contribution in [1.82, 2.24) is 9.62 Å². The maximum atomic E-state index is 14.9. The summed E-state index contributed by atoms with van der Waals surface area (Å²) < 4.78 is 44.3. The third-order valence-electron chi connectivity index (χ3n) is 6.28. The Bertz CT molecular complexity index is 980. The molecule has 9 nitrogen and oxygen atoms in total. The number of anilines is 2. The lowest BCUT2D eigenvalue weighted by Crippen LogP contribution is -2.50. The zero-order valence-electron chi connectivity index (χ0n) is 17.7. The van der Waals surface area contributed by atoms with Crippen LogP contribution in [-0.2, 0) is 14.9 Å². The van der Waals surface area contributed by atoms with Crippen LogP contribution in [0.3, 0.4) is 0 Å². The molecule has 4 rings (SSSR count). The van der Waals surface area contributed by atoms with Crippen molar-refractivity contribution in [3.05, 3.63) is 24.0 Å². The molecule has 1 aromatic carbocycles. The Morgan fingerprint density at radius 3 is 2.56 bits per heavy atom. The first kappa shape index (κ1) is 23.1. The van der Waals surface area contributed by atoms with E-state index in [1.54, 1.807) is 17.0 Å². The maximum Gasteiger partial charge on any atom is 0.414 e. The van der Waals surface area contributed by atoms with Gasteiger partial charge in [0.15, 0.2) is 0 Å². The van der Waals surface area contributed by atoms with E-state index >= 15 is 0 Å². The molecule has 3 aliphatic rings. The minimum absolute atomic E-state index is 0.190. The Morgan fingerprint density at radius 1 is 1.25 bits per heavy atom. The monoisotopic (exact) mass is 485 g/mol. The van der Waals surface area contributed by atoms with Crippen molar-refractivity contribution in [1.29, 1.82) is 0 Å². The van der Waals surface area contributed by atoms with Gasteiger partial charge in [-0.15, -0.1) is 0 Å². The fourth-order valence-electron chi connectivity index (χ4n) is 4.20.